The molecule has 0 bridgehead atoms. The predicted octanol–water partition coefficient (Wildman–Crippen LogP) is 2.45. The fourth-order valence-electron chi connectivity index (χ4n) is 3.36. The molecule has 1 aliphatic heterocycles. The number of likely N-dealkylation sites (tertiary alicyclic amines) is 1. The molecule has 0 unspecified atom stereocenters. The summed E-state index contributed by atoms with van der Waals surface area (Å²) in [4.78, 5) is 28.0. The van der Waals surface area contributed by atoms with E-state index in [4.69, 9.17) is 5.73 Å². The first-order valence-corrected chi connectivity index (χ1v) is 9.85. The van der Waals surface area contributed by atoms with E-state index in [2.05, 4.69) is 15.5 Å². The fraction of sp³-hybridized carbons (Fsp3) is 0.300. The average Bonchev–Trinajstić information content (AvgIpc) is 2.97. The summed E-state index contributed by atoms with van der Waals surface area (Å²) >= 11 is 1.25. The first kappa shape index (κ1) is 18.4. The monoisotopic (exact) mass is 395 g/mol. The van der Waals surface area contributed by atoms with Crippen LogP contribution in [0.4, 0.5) is 5.69 Å². The molecule has 0 radical (unpaired) electrons. The lowest BCUT2D eigenvalue weighted by atomic mass is 10.0. The normalized spacial score (nSPS) is 14.2. The summed E-state index contributed by atoms with van der Waals surface area (Å²) < 4.78 is 0. The van der Waals surface area contributed by atoms with Gasteiger partial charge in [-0.1, -0.05) is 17.7 Å². The molecular formula is C20H21N5O2S. The lowest BCUT2D eigenvalue weighted by molar-refractivity contribution is 0.0543. The Labute approximate surface area is 166 Å². The maximum Gasteiger partial charge on any atom is 0.263 e. The Hall–Kier alpha value is -3.00. The maximum absolute atomic E-state index is 12.7. The number of anilines is 1. The zero-order valence-electron chi connectivity index (χ0n) is 15.9. The minimum absolute atomic E-state index is 0.0167. The maximum atomic E-state index is 12.7. The number of nitrogens with two attached hydrogens (primary N) is 1. The molecule has 0 atom stereocenters. The van der Waals surface area contributed by atoms with Gasteiger partial charge in [0.2, 0.25) is 0 Å². The van der Waals surface area contributed by atoms with Gasteiger partial charge in [0, 0.05) is 24.0 Å². The summed E-state index contributed by atoms with van der Waals surface area (Å²) in [5.74, 6) is -0.248. The van der Waals surface area contributed by atoms with Gasteiger partial charge in [0.1, 0.15) is 9.71 Å². The number of benzene rings is 1. The summed E-state index contributed by atoms with van der Waals surface area (Å²) in [7, 11) is 0. The van der Waals surface area contributed by atoms with Gasteiger partial charge < -0.3 is 16.0 Å². The molecule has 8 heteroatoms. The Balaban J connectivity index is 1.43. The summed E-state index contributed by atoms with van der Waals surface area (Å²) in [5, 5.41) is 12.0. The minimum atomic E-state index is -0.231. The molecule has 3 heterocycles. The standard InChI is InChI=1S/C20H21N5O2S/c1-10-5-4-6-13(7-10)20(27)25-8-14(9-25)22-18(26)17-16(21)15-11(2)12(3)23-24-19(15)28-17/h4-7,14H,8-9,21H2,1-3H3,(H,22,26). The number of hydrogen-bond acceptors (Lipinski definition) is 6. The third kappa shape index (κ3) is 3.09. The highest BCUT2D eigenvalue weighted by Gasteiger charge is 2.33. The van der Waals surface area contributed by atoms with Crippen LogP contribution in [0.25, 0.3) is 10.2 Å². The number of aryl methyl sites for hydroxylation is 3. The van der Waals surface area contributed by atoms with Gasteiger partial charge >= 0.3 is 0 Å². The third-order valence-electron chi connectivity index (χ3n) is 5.11. The van der Waals surface area contributed by atoms with Crippen LogP contribution < -0.4 is 11.1 Å². The molecule has 0 aliphatic carbocycles. The number of carbonyl (C=O) groups excluding carboxylic acids is 2. The van der Waals surface area contributed by atoms with E-state index in [0.29, 0.717) is 34.0 Å². The van der Waals surface area contributed by atoms with E-state index in [1.165, 1.54) is 11.3 Å². The Bertz CT molecular complexity index is 1100. The van der Waals surface area contributed by atoms with Crippen molar-refractivity contribution in [3.63, 3.8) is 0 Å². The van der Waals surface area contributed by atoms with E-state index in [9.17, 15) is 9.59 Å². The molecule has 0 saturated carbocycles. The van der Waals surface area contributed by atoms with Gasteiger partial charge in [-0.15, -0.1) is 16.4 Å². The topological polar surface area (TPSA) is 101 Å². The van der Waals surface area contributed by atoms with E-state index in [0.717, 1.165) is 22.2 Å². The smallest absolute Gasteiger partial charge is 0.263 e. The molecule has 28 heavy (non-hydrogen) atoms. The van der Waals surface area contributed by atoms with Gasteiger partial charge in [0.25, 0.3) is 11.8 Å². The summed E-state index contributed by atoms with van der Waals surface area (Å²) in [6, 6.07) is 7.43. The van der Waals surface area contributed by atoms with E-state index in [1.54, 1.807) is 4.90 Å². The molecule has 3 N–H and O–H groups in total. The number of rotatable bonds is 3. The van der Waals surface area contributed by atoms with E-state index in [-0.39, 0.29) is 17.9 Å². The lowest BCUT2D eigenvalue weighted by Crippen LogP contribution is -2.60. The summed E-state index contributed by atoms with van der Waals surface area (Å²) in [6.45, 7) is 6.73. The van der Waals surface area contributed by atoms with Gasteiger partial charge in [-0.2, -0.15) is 5.10 Å². The second-order valence-corrected chi connectivity index (χ2v) is 8.18. The minimum Gasteiger partial charge on any atom is -0.397 e. The molecule has 1 aromatic carbocycles. The van der Waals surface area contributed by atoms with Crippen LogP contribution in [-0.2, 0) is 0 Å². The van der Waals surface area contributed by atoms with Crippen molar-refractivity contribution in [3.05, 3.63) is 51.5 Å². The average molecular weight is 395 g/mol. The van der Waals surface area contributed by atoms with Gasteiger partial charge in [0.05, 0.1) is 17.4 Å². The number of nitrogens with zero attached hydrogens (tertiary/aromatic N) is 3. The molecule has 3 aromatic rings. The zero-order valence-corrected chi connectivity index (χ0v) is 16.8. The number of thiophene rings is 1. The van der Waals surface area contributed by atoms with Crippen molar-refractivity contribution in [1.29, 1.82) is 0 Å². The van der Waals surface area contributed by atoms with Crippen molar-refractivity contribution in [2.75, 3.05) is 18.8 Å². The number of amides is 2. The SMILES string of the molecule is Cc1cccc(C(=O)N2CC(NC(=O)c3sc4nnc(C)c(C)c4c3N)C2)c1. The van der Waals surface area contributed by atoms with E-state index in [1.807, 2.05) is 45.0 Å². The van der Waals surface area contributed by atoms with Crippen LogP contribution in [0.2, 0.25) is 0 Å². The van der Waals surface area contributed by atoms with Gasteiger partial charge in [0.15, 0.2) is 0 Å². The van der Waals surface area contributed by atoms with Crippen LogP contribution in [-0.4, -0.2) is 46.0 Å². The molecule has 1 fully saturated rings. The summed E-state index contributed by atoms with van der Waals surface area (Å²) in [6.07, 6.45) is 0. The van der Waals surface area contributed by atoms with Crippen LogP contribution >= 0.6 is 11.3 Å². The zero-order chi connectivity index (χ0) is 20.0. The van der Waals surface area contributed by atoms with Crippen LogP contribution in [0.1, 0.15) is 36.9 Å². The molecule has 144 valence electrons. The van der Waals surface area contributed by atoms with Crippen LogP contribution in [0, 0.1) is 20.8 Å². The van der Waals surface area contributed by atoms with Crippen LogP contribution in [0.15, 0.2) is 24.3 Å². The third-order valence-corrected chi connectivity index (χ3v) is 6.20. The molecule has 2 amide bonds. The van der Waals surface area contributed by atoms with Crippen molar-refractivity contribution in [1.82, 2.24) is 20.4 Å². The molecule has 1 aliphatic rings. The fourth-order valence-corrected chi connectivity index (χ4v) is 4.36. The number of fused-ring (bicyclic) bond motifs is 1. The van der Waals surface area contributed by atoms with Crippen molar-refractivity contribution < 1.29 is 9.59 Å². The lowest BCUT2D eigenvalue weighted by Gasteiger charge is -2.39. The number of nitrogen functional groups attached to an aromatic ring is 1. The van der Waals surface area contributed by atoms with Crippen LogP contribution in [0.5, 0.6) is 0 Å². The second-order valence-electron chi connectivity index (χ2n) is 7.19. The highest BCUT2D eigenvalue weighted by Crippen LogP contribution is 2.34. The number of hydrogen-bond donors (Lipinski definition) is 2. The molecule has 0 spiro atoms. The first-order chi connectivity index (χ1) is 13.3. The quantitative estimate of drug-likeness (QED) is 0.709. The second kappa shape index (κ2) is 6.87. The molecular weight excluding hydrogens is 374 g/mol. The van der Waals surface area contributed by atoms with Gasteiger partial charge in [-0.25, -0.2) is 0 Å². The van der Waals surface area contributed by atoms with Crippen molar-refractivity contribution >= 4 is 39.1 Å². The molecule has 7 nitrogen and oxygen atoms in total. The van der Waals surface area contributed by atoms with E-state index >= 15 is 0 Å². The highest BCUT2D eigenvalue weighted by atomic mass is 32.1. The van der Waals surface area contributed by atoms with Crippen molar-refractivity contribution in [3.8, 4) is 0 Å². The van der Waals surface area contributed by atoms with Gasteiger partial charge in [-0.05, 0) is 38.5 Å². The Morgan fingerprint density at radius 2 is 1.96 bits per heavy atom. The molecule has 1 saturated heterocycles. The number of carbonyl (C=O) groups is 2. The first-order valence-electron chi connectivity index (χ1n) is 9.03. The number of nitrogens with one attached hydrogen (secondary N) is 1. The Kier molecular flexibility index (Phi) is 4.50. The Morgan fingerprint density at radius 3 is 2.68 bits per heavy atom. The Morgan fingerprint density at radius 1 is 1.21 bits per heavy atom. The van der Waals surface area contributed by atoms with Crippen LogP contribution in [0.3, 0.4) is 0 Å². The van der Waals surface area contributed by atoms with Crippen molar-refractivity contribution in [2.24, 2.45) is 0 Å². The van der Waals surface area contributed by atoms with E-state index < -0.39 is 0 Å². The predicted molar refractivity (Wildman–Crippen MR) is 110 cm³/mol. The molecule has 2 aromatic heterocycles. The highest BCUT2D eigenvalue weighted by molar-refractivity contribution is 7.21. The molecule has 4 rings (SSSR count). The number of aromatic nitrogens is 2. The summed E-state index contributed by atoms with van der Waals surface area (Å²) in [5.41, 5.74) is 10.1. The van der Waals surface area contributed by atoms with Gasteiger partial charge in [-0.3, -0.25) is 9.59 Å². The largest absolute Gasteiger partial charge is 0.397 e. The van der Waals surface area contributed by atoms with Crippen molar-refractivity contribution in [2.45, 2.75) is 26.8 Å².